The summed E-state index contributed by atoms with van der Waals surface area (Å²) in [5, 5.41) is 15.7. The Labute approximate surface area is 169 Å². The van der Waals surface area contributed by atoms with Gasteiger partial charge in [0.05, 0.1) is 6.42 Å². The van der Waals surface area contributed by atoms with Crippen LogP contribution in [0, 0.1) is 5.82 Å². The molecule has 0 unspecified atom stereocenters. The highest BCUT2D eigenvalue weighted by Gasteiger charge is 2.41. The molecule has 0 radical (unpaired) electrons. The van der Waals surface area contributed by atoms with Crippen LogP contribution >= 0.6 is 0 Å². The molecule has 154 valence electrons. The van der Waals surface area contributed by atoms with Gasteiger partial charge in [-0.3, -0.25) is 14.6 Å². The molecule has 0 bridgehead atoms. The quantitative estimate of drug-likeness (QED) is 0.715. The van der Waals surface area contributed by atoms with E-state index < -0.39 is 17.3 Å². The number of pyridine rings is 1. The number of amides is 2. The molecule has 6 nitrogen and oxygen atoms in total. The minimum atomic E-state index is -0.513. The van der Waals surface area contributed by atoms with E-state index in [1.54, 1.807) is 6.07 Å². The first-order valence-electron chi connectivity index (χ1n) is 9.57. The van der Waals surface area contributed by atoms with Crippen molar-refractivity contribution in [3.8, 4) is 5.75 Å². The number of phenols is 1. The van der Waals surface area contributed by atoms with Crippen LogP contribution in [0.25, 0.3) is 0 Å². The number of carbonyl (C=O) groups is 2. The Bertz CT molecular complexity index is 962. The molecule has 2 aromatic rings. The second-order valence-electron chi connectivity index (χ2n) is 8.88. The SMILES string of the molecule is CC(C)(C)NC(=O)c1cc(NC(=O)Cc2cc(O)c(C3(C)CC3)cc2F)ccn1. The lowest BCUT2D eigenvalue weighted by molar-refractivity contribution is -0.115. The number of aromatic nitrogens is 1. The molecule has 1 aliphatic rings. The Morgan fingerprint density at radius 2 is 1.93 bits per heavy atom. The molecule has 0 spiro atoms. The van der Waals surface area contributed by atoms with E-state index in [-0.39, 0.29) is 34.7 Å². The van der Waals surface area contributed by atoms with Gasteiger partial charge < -0.3 is 15.7 Å². The van der Waals surface area contributed by atoms with Crippen molar-refractivity contribution in [3.05, 3.63) is 53.1 Å². The maximum Gasteiger partial charge on any atom is 0.270 e. The van der Waals surface area contributed by atoms with Crippen molar-refractivity contribution in [1.29, 1.82) is 0 Å². The minimum absolute atomic E-state index is 0.0132. The molecule has 1 aliphatic carbocycles. The summed E-state index contributed by atoms with van der Waals surface area (Å²) < 4.78 is 14.5. The van der Waals surface area contributed by atoms with Gasteiger partial charge >= 0.3 is 0 Å². The summed E-state index contributed by atoms with van der Waals surface area (Å²) in [6, 6.07) is 5.66. The van der Waals surface area contributed by atoms with Gasteiger partial charge in [0.25, 0.3) is 5.91 Å². The molecular weight excluding hydrogens is 373 g/mol. The molecule has 0 aliphatic heterocycles. The summed E-state index contributed by atoms with van der Waals surface area (Å²) >= 11 is 0. The second kappa shape index (κ2) is 7.46. The van der Waals surface area contributed by atoms with Crippen LogP contribution in [-0.2, 0) is 16.6 Å². The molecule has 3 rings (SSSR count). The van der Waals surface area contributed by atoms with Gasteiger partial charge in [-0.2, -0.15) is 0 Å². The Morgan fingerprint density at radius 1 is 1.24 bits per heavy atom. The van der Waals surface area contributed by atoms with E-state index in [9.17, 15) is 19.1 Å². The van der Waals surface area contributed by atoms with E-state index in [1.165, 1.54) is 24.4 Å². The van der Waals surface area contributed by atoms with Gasteiger partial charge in [0.2, 0.25) is 5.91 Å². The number of nitrogens with one attached hydrogen (secondary N) is 2. The number of halogens is 1. The maximum atomic E-state index is 14.5. The number of rotatable bonds is 5. The molecule has 3 N–H and O–H groups in total. The van der Waals surface area contributed by atoms with Gasteiger partial charge in [0, 0.05) is 28.6 Å². The van der Waals surface area contributed by atoms with Crippen molar-refractivity contribution in [1.82, 2.24) is 10.3 Å². The third-order valence-corrected chi connectivity index (χ3v) is 4.93. The summed E-state index contributed by atoms with van der Waals surface area (Å²) in [5.41, 5.74) is 0.670. The van der Waals surface area contributed by atoms with Crippen molar-refractivity contribution < 1.29 is 19.1 Å². The third kappa shape index (κ3) is 5.10. The molecule has 0 atom stereocenters. The van der Waals surface area contributed by atoms with Gasteiger partial charge in [0.15, 0.2) is 0 Å². The van der Waals surface area contributed by atoms with Crippen LogP contribution in [0.4, 0.5) is 10.1 Å². The van der Waals surface area contributed by atoms with E-state index in [2.05, 4.69) is 15.6 Å². The zero-order chi connectivity index (χ0) is 21.4. The highest BCUT2D eigenvalue weighted by Crippen LogP contribution is 2.51. The van der Waals surface area contributed by atoms with Crippen molar-refractivity contribution in [3.63, 3.8) is 0 Å². The Balaban J connectivity index is 1.69. The van der Waals surface area contributed by atoms with Gasteiger partial charge in [-0.15, -0.1) is 0 Å². The summed E-state index contributed by atoms with van der Waals surface area (Å²) in [6.45, 7) is 7.55. The van der Waals surface area contributed by atoms with Crippen LogP contribution in [0.3, 0.4) is 0 Å². The average Bonchev–Trinajstić information content (AvgIpc) is 3.35. The third-order valence-electron chi connectivity index (χ3n) is 4.93. The van der Waals surface area contributed by atoms with E-state index in [0.717, 1.165) is 12.8 Å². The number of benzene rings is 1. The Kier molecular flexibility index (Phi) is 5.34. The normalized spacial score (nSPS) is 14.9. The predicted molar refractivity (Wildman–Crippen MR) is 108 cm³/mol. The fourth-order valence-electron chi connectivity index (χ4n) is 3.10. The smallest absolute Gasteiger partial charge is 0.270 e. The number of nitrogens with zero attached hydrogens (tertiary/aromatic N) is 1. The maximum absolute atomic E-state index is 14.5. The first-order chi connectivity index (χ1) is 13.5. The van der Waals surface area contributed by atoms with Crippen molar-refractivity contribution in [2.75, 3.05) is 5.32 Å². The van der Waals surface area contributed by atoms with E-state index in [1.807, 2.05) is 27.7 Å². The average molecular weight is 399 g/mol. The van der Waals surface area contributed by atoms with Gasteiger partial charge in [-0.25, -0.2) is 4.39 Å². The zero-order valence-corrected chi connectivity index (χ0v) is 17.1. The minimum Gasteiger partial charge on any atom is -0.508 e. The highest BCUT2D eigenvalue weighted by molar-refractivity contribution is 5.96. The zero-order valence-electron chi connectivity index (χ0n) is 17.1. The molecule has 1 heterocycles. The number of carbonyl (C=O) groups excluding carboxylic acids is 2. The summed E-state index contributed by atoms with van der Waals surface area (Å²) in [6.07, 6.45) is 3.01. The first kappa shape index (κ1) is 20.8. The van der Waals surface area contributed by atoms with Crippen LogP contribution in [0.2, 0.25) is 0 Å². The summed E-state index contributed by atoms with van der Waals surface area (Å²) in [5.74, 6) is -1.31. The lowest BCUT2D eigenvalue weighted by atomic mass is 9.95. The van der Waals surface area contributed by atoms with E-state index in [0.29, 0.717) is 11.3 Å². The number of anilines is 1. The standard InChI is InChI=1S/C22H26FN3O3/c1-21(2,3)26-20(29)17-11-14(5-8-24-17)25-19(28)10-13-9-18(27)15(12-16(13)23)22(4)6-7-22/h5,8-9,11-12,27H,6-7,10H2,1-4H3,(H,26,29)(H,24,25,28). The monoisotopic (exact) mass is 399 g/mol. The topological polar surface area (TPSA) is 91.3 Å². The molecule has 29 heavy (non-hydrogen) atoms. The highest BCUT2D eigenvalue weighted by atomic mass is 19.1. The van der Waals surface area contributed by atoms with Crippen LogP contribution in [0.15, 0.2) is 30.5 Å². The number of aromatic hydroxyl groups is 1. The van der Waals surface area contributed by atoms with Crippen LogP contribution < -0.4 is 10.6 Å². The number of phenolic OH excluding ortho intramolecular Hbond substituents is 1. The summed E-state index contributed by atoms with van der Waals surface area (Å²) in [4.78, 5) is 28.6. The Hall–Kier alpha value is -2.96. The fourth-order valence-corrected chi connectivity index (χ4v) is 3.10. The van der Waals surface area contributed by atoms with Gasteiger partial charge in [-0.05, 0) is 63.3 Å². The molecule has 0 saturated heterocycles. The molecular formula is C22H26FN3O3. The van der Waals surface area contributed by atoms with Gasteiger partial charge in [0.1, 0.15) is 17.3 Å². The lowest BCUT2D eigenvalue weighted by Gasteiger charge is -2.20. The molecule has 2 amide bonds. The molecule has 1 fully saturated rings. The van der Waals surface area contributed by atoms with Crippen molar-refractivity contribution in [2.24, 2.45) is 0 Å². The molecule has 7 heteroatoms. The van der Waals surface area contributed by atoms with Gasteiger partial charge in [-0.1, -0.05) is 6.92 Å². The molecule has 1 saturated carbocycles. The predicted octanol–water partition coefficient (Wildman–Crippen LogP) is 3.69. The van der Waals surface area contributed by atoms with Crippen LogP contribution in [0.1, 0.15) is 62.2 Å². The van der Waals surface area contributed by atoms with E-state index in [4.69, 9.17) is 0 Å². The number of hydrogen-bond donors (Lipinski definition) is 3. The lowest BCUT2D eigenvalue weighted by Crippen LogP contribution is -2.40. The van der Waals surface area contributed by atoms with Crippen molar-refractivity contribution >= 4 is 17.5 Å². The van der Waals surface area contributed by atoms with Crippen LogP contribution in [-0.4, -0.2) is 27.4 Å². The van der Waals surface area contributed by atoms with Crippen LogP contribution in [0.5, 0.6) is 5.75 Å². The summed E-state index contributed by atoms with van der Waals surface area (Å²) in [7, 11) is 0. The number of hydrogen-bond acceptors (Lipinski definition) is 4. The molecule has 1 aromatic heterocycles. The largest absolute Gasteiger partial charge is 0.508 e. The second-order valence-corrected chi connectivity index (χ2v) is 8.88. The van der Waals surface area contributed by atoms with E-state index >= 15 is 0 Å². The fraction of sp³-hybridized carbons (Fsp3) is 0.409. The molecule has 1 aromatic carbocycles. The Morgan fingerprint density at radius 3 is 2.55 bits per heavy atom. The first-order valence-corrected chi connectivity index (χ1v) is 9.57. The van der Waals surface area contributed by atoms with Crippen molar-refractivity contribution in [2.45, 2.75) is 57.9 Å².